The second-order valence-corrected chi connectivity index (χ2v) is 4.86. The summed E-state index contributed by atoms with van der Waals surface area (Å²) in [5, 5.41) is 7.72. The first-order valence-corrected chi connectivity index (χ1v) is 6.28. The van der Waals surface area contributed by atoms with Crippen LogP contribution in [0.2, 0.25) is 0 Å². The molecule has 0 radical (unpaired) electrons. The molecule has 4 heteroatoms. The van der Waals surface area contributed by atoms with Crippen molar-refractivity contribution in [2.75, 3.05) is 6.54 Å². The highest BCUT2D eigenvalue weighted by molar-refractivity contribution is 4.94. The zero-order valence-corrected chi connectivity index (χ0v) is 10.5. The third-order valence-corrected chi connectivity index (χ3v) is 3.67. The number of aryl methyl sites for hydroxylation is 1. The standard InChI is InChI=1S/C12H22N4/c1-4-13-11(9(2)10-5-6-10)7-12-14-8-15-16(12)3/h8-11,13H,4-7H2,1-3H3. The summed E-state index contributed by atoms with van der Waals surface area (Å²) in [6, 6.07) is 0.542. The zero-order valence-electron chi connectivity index (χ0n) is 10.5. The third-order valence-electron chi connectivity index (χ3n) is 3.67. The number of hydrogen-bond acceptors (Lipinski definition) is 3. The lowest BCUT2D eigenvalue weighted by molar-refractivity contribution is 0.337. The summed E-state index contributed by atoms with van der Waals surface area (Å²) < 4.78 is 1.88. The van der Waals surface area contributed by atoms with Crippen LogP contribution in [0.1, 0.15) is 32.5 Å². The first-order chi connectivity index (χ1) is 7.72. The van der Waals surface area contributed by atoms with E-state index in [1.807, 2.05) is 11.7 Å². The van der Waals surface area contributed by atoms with Crippen LogP contribution >= 0.6 is 0 Å². The summed E-state index contributed by atoms with van der Waals surface area (Å²) in [6.07, 6.45) is 5.44. The number of nitrogens with zero attached hydrogens (tertiary/aromatic N) is 3. The zero-order chi connectivity index (χ0) is 11.5. The van der Waals surface area contributed by atoms with E-state index in [-0.39, 0.29) is 0 Å². The molecule has 1 aliphatic rings. The Morgan fingerprint density at radius 3 is 2.81 bits per heavy atom. The Labute approximate surface area is 97.5 Å². The van der Waals surface area contributed by atoms with Gasteiger partial charge in [0, 0.05) is 19.5 Å². The van der Waals surface area contributed by atoms with Crippen LogP contribution in [0.25, 0.3) is 0 Å². The van der Waals surface area contributed by atoms with E-state index in [0.717, 1.165) is 30.6 Å². The topological polar surface area (TPSA) is 42.7 Å². The summed E-state index contributed by atoms with van der Waals surface area (Å²) in [5.41, 5.74) is 0. The number of nitrogens with one attached hydrogen (secondary N) is 1. The quantitative estimate of drug-likeness (QED) is 0.791. The molecule has 1 N–H and O–H groups in total. The van der Waals surface area contributed by atoms with Crippen molar-refractivity contribution in [3.05, 3.63) is 12.2 Å². The Bertz CT molecular complexity index is 330. The molecule has 0 amide bonds. The molecule has 2 unspecified atom stereocenters. The Morgan fingerprint density at radius 2 is 2.31 bits per heavy atom. The van der Waals surface area contributed by atoms with Gasteiger partial charge < -0.3 is 5.32 Å². The van der Waals surface area contributed by atoms with Crippen molar-refractivity contribution < 1.29 is 0 Å². The van der Waals surface area contributed by atoms with Gasteiger partial charge in [-0.3, -0.25) is 4.68 Å². The van der Waals surface area contributed by atoms with Crippen LogP contribution in [0.15, 0.2) is 6.33 Å². The van der Waals surface area contributed by atoms with Crippen molar-refractivity contribution >= 4 is 0 Å². The average Bonchev–Trinajstić information content (AvgIpc) is 3.03. The minimum atomic E-state index is 0.542. The summed E-state index contributed by atoms with van der Waals surface area (Å²) in [4.78, 5) is 4.31. The van der Waals surface area contributed by atoms with Crippen molar-refractivity contribution in [2.24, 2.45) is 18.9 Å². The molecule has 0 spiro atoms. The summed E-state index contributed by atoms with van der Waals surface area (Å²) >= 11 is 0. The average molecular weight is 222 g/mol. The largest absolute Gasteiger partial charge is 0.314 e. The van der Waals surface area contributed by atoms with Gasteiger partial charge in [0.05, 0.1) is 0 Å². The highest BCUT2D eigenvalue weighted by Gasteiger charge is 2.33. The summed E-state index contributed by atoms with van der Waals surface area (Å²) in [7, 11) is 1.97. The van der Waals surface area contributed by atoms with E-state index >= 15 is 0 Å². The van der Waals surface area contributed by atoms with Crippen molar-refractivity contribution in [3.8, 4) is 0 Å². The van der Waals surface area contributed by atoms with E-state index in [9.17, 15) is 0 Å². The minimum absolute atomic E-state index is 0.542. The molecule has 4 nitrogen and oxygen atoms in total. The fraction of sp³-hybridized carbons (Fsp3) is 0.833. The molecule has 1 fully saturated rings. The van der Waals surface area contributed by atoms with Gasteiger partial charge >= 0.3 is 0 Å². The Morgan fingerprint density at radius 1 is 1.56 bits per heavy atom. The highest BCUT2D eigenvalue weighted by atomic mass is 15.3. The Kier molecular flexibility index (Phi) is 3.59. The lowest BCUT2D eigenvalue weighted by atomic mass is 9.93. The van der Waals surface area contributed by atoms with Gasteiger partial charge in [0.1, 0.15) is 12.2 Å². The second-order valence-electron chi connectivity index (χ2n) is 4.86. The maximum absolute atomic E-state index is 4.31. The predicted molar refractivity (Wildman–Crippen MR) is 64.1 cm³/mol. The predicted octanol–water partition coefficient (Wildman–Crippen LogP) is 1.38. The molecule has 0 aromatic carbocycles. The monoisotopic (exact) mass is 222 g/mol. The lowest BCUT2D eigenvalue weighted by Crippen LogP contribution is -2.38. The van der Waals surface area contributed by atoms with Gasteiger partial charge in [-0.2, -0.15) is 5.10 Å². The van der Waals surface area contributed by atoms with Crippen LogP contribution in [0.3, 0.4) is 0 Å². The van der Waals surface area contributed by atoms with Gasteiger partial charge in [0.25, 0.3) is 0 Å². The first kappa shape index (κ1) is 11.6. The van der Waals surface area contributed by atoms with Crippen LogP contribution in [-0.2, 0) is 13.5 Å². The maximum atomic E-state index is 4.31. The van der Waals surface area contributed by atoms with Gasteiger partial charge in [-0.25, -0.2) is 4.98 Å². The van der Waals surface area contributed by atoms with Crippen molar-refractivity contribution in [1.29, 1.82) is 0 Å². The summed E-state index contributed by atoms with van der Waals surface area (Å²) in [5.74, 6) is 2.76. The van der Waals surface area contributed by atoms with Gasteiger partial charge in [0.2, 0.25) is 0 Å². The summed E-state index contributed by atoms with van der Waals surface area (Å²) in [6.45, 7) is 5.56. The van der Waals surface area contributed by atoms with E-state index in [2.05, 4.69) is 29.2 Å². The molecular weight excluding hydrogens is 200 g/mol. The number of likely N-dealkylation sites (N-methyl/N-ethyl adjacent to an activating group) is 1. The molecular formula is C12H22N4. The van der Waals surface area contributed by atoms with Crippen LogP contribution in [0.5, 0.6) is 0 Å². The molecule has 0 aliphatic heterocycles. The van der Waals surface area contributed by atoms with E-state index in [1.54, 1.807) is 6.33 Å². The molecule has 2 atom stereocenters. The van der Waals surface area contributed by atoms with Crippen LogP contribution < -0.4 is 5.32 Å². The highest BCUT2D eigenvalue weighted by Crippen LogP contribution is 2.38. The van der Waals surface area contributed by atoms with Crippen LogP contribution in [-0.4, -0.2) is 27.4 Å². The first-order valence-electron chi connectivity index (χ1n) is 6.28. The molecule has 90 valence electrons. The van der Waals surface area contributed by atoms with Gasteiger partial charge in [-0.15, -0.1) is 0 Å². The van der Waals surface area contributed by atoms with Crippen molar-refractivity contribution in [3.63, 3.8) is 0 Å². The molecule has 1 saturated carbocycles. The molecule has 1 aromatic heterocycles. The molecule has 1 aliphatic carbocycles. The normalized spacial score (nSPS) is 19.7. The lowest BCUT2D eigenvalue weighted by Gasteiger charge is -2.24. The second kappa shape index (κ2) is 4.95. The smallest absolute Gasteiger partial charge is 0.138 e. The van der Waals surface area contributed by atoms with Gasteiger partial charge in [-0.05, 0) is 31.2 Å². The fourth-order valence-corrected chi connectivity index (χ4v) is 2.36. The molecule has 1 aromatic rings. The van der Waals surface area contributed by atoms with E-state index in [1.165, 1.54) is 12.8 Å². The number of aromatic nitrogens is 3. The molecule has 2 rings (SSSR count). The molecule has 16 heavy (non-hydrogen) atoms. The van der Waals surface area contributed by atoms with Crippen molar-refractivity contribution in [1.82, 2.24) is 20.1 Å². The van der Waals surface area contributed by atoms with Crippen molar-refractivity contribution in [2.45, 2.75) is 39.2 Å². The van der Waals surface area contributed by atoms with E-state index < -0.39 is 0 Å². The van der Waals surface area contributed by atoms with E-state index in [4.69, 9.17) is 0 Å². The Balaban J connectivity index is 1.99. The third kappa shape index (κ3) is 2.61. The molecule has 0 saturated heterocycles. The van der Waals surface area contributed by atoms with Gasteiger partial charge in [-0.1, -0.05) is 13.8 Å². The van der Waals surface area contributed by atoms with Crippen LogP contribution in [0, 0.1) is 11.8 Å². The van der Waals surface area contributed by atoms with Gasteiger partial charge in [0.15, 0.2) is 0 Å². The Hall–Kier alpha value is -0.900. The van der Waals surface area contributed by atoms with E-state index in [0.29, 0.717) is 6.04 Å². The maximum Gasteiger partial charge on any atom is 0.138 e. The minimum Gasteiger partial charge on any atom is -0.314 e. The van der Waals surface area contributed by atoms with Crippen LogP contribution in [0.4, 0.5) is 0 Å². The fourth-order valence-electron chi connectivity index (χ4n) is 2.36. The molecule has 1 heterocycles. The number of hydrogen-bond donors (Lipinski definition) is 1. The SMILES string of the molecule is CCNC(Cc1ncnn1C)C(C)C1CC1. The number of rotatable bonds is 6. The molecule has 0 bridgehead atoms.